The van der Waals surface area contributed by atoms with Gasteiger partial charge in [0.05, 0.1) is 0 Å². The zero-order chi connectivity index (χ0) is 21.8. The maximum absolute atomic E-state index is 11.5. The van der Waals surface area contributed by atoms with Gasteiger partial charge in [-0.2, -0.15) is 0 Å². The molecule has 0 saturated carbocycles. The van der Waals surface area contributed by atoms with Crippen LogP contribution in [0.3, 0.4) is 0 Å². The molecule has 1 atom stereocenters. The van der Waals surface area contributed by atoms with E-state index >= 15 is 0 Å². The Hall–Kier alpha value is 1.51. The minimum absolute atomic E-state index is 0. The van der Waals surface area contributed by atoms with Gasteiger partial charge < -0.3 is 9.66 Å². The molecule has 0 aromatic carbocycles. The van der Waals surface area contributed by atoms with Gasteiger partial charge in [0, 0.05) is 0 Å². The molecule has 0 rings (SSSR count). The van der Waals surface area contributed by atoms with Gasteiger partial charge in [-0.1, -0.05) is 123 Å². The third-order valence-corrected chi connectivity index (χ3v) is 7.40. The SMILES string of the molecule is CCCCCCCCCCCCCCCCCC(O)(CCCCCC)S(=O)(=O)[O-].[K+]. The fourth-order valence-corrected chi connectivity index (χ4v) is 4.76. The van der Waals surface area contributed by atoms with E-state index in [1.54, 1.807) is 0 Å². The average Bonchev–Trinajstić information content (AvgIpc) is 2.67. The van der Waals surface area contributed by atoms with E-state index in [-0.39, 0.29) is 64.2 Å². The standard InChI is InChI=1S/C24H50O4S.K/c1-3-5-7-9-10-11-12-13-14-15-16-17-18-19-21-23-24(25,29(26,27)28)22-20-8-6-4-2;/h25H,3-23H2,1-2H3,(H,26,27,28);/q;+1/p-1. The normalized spacial score (nSPS) is 13.7. The van der Waals surface area contributed by atoms with Gasteiger partial charge in [0.2, 0.25) is 0 Å². The Bertz CT molecular complexity index is 456. The first-order chi connectivity index (χ1) is 13.9. The van der Waals surface area contributed by atoms with Crippen molar-refractivity contribution in [2.75, 3.05) is 0 Å². The third-order valence-electron chi connectivity index (χ3n) is 6.06. The Labute approximate surface area is 230 Å². The van der Waals surface area contributed by atoms with Crippen LogP contribution < -0.4 is 51.4 Å². The van der Waals surface area contributed by atoms with Crippen molar-refractivity contribution >= 4 is 10.1 Å². The number of hydrogen-bond acceptors (Lipinski definition) is 4. The molecule has 0 aliphatic rings. The monoisotopic (exact) mass is 472 g/mol. The zero-order valence-corrected chi connectivity index (χ0v) is 24.4. The smallest absolute Gasteiger partial charge is 0.746 e. The van der Waals surface area contributed by atoms with Crippen LogP contribution in [0.25, 0.3) is 0 Å². The van der Waals surface area contributed by atoms with Crippen molar-refractivity contribution in [3.8, 4) is 0 Å². The molecule has 0 bridgehead atoms. The molecular formula is C24H49KO4S. The minimum atomic E-state index is -4.67. The maximum atomic E-state index is 11.5. The van der Waals surface area contributed by atoms with Crippen molar-refractivity contribution in [3.63, 3.8) is 0 Å². The summed E-state index contributed by atoms with van der Waals surface area (Å²) in [6, 6.07) is 0. The van der Waals surface area contributed by atoms with Crippen LogP contribution in [-0.4, -0.2) is 23.0 Å². The van der Waals surface area contributed by atoms with E-state index in [2.05, 4.69) is 13.8 Å². The third kappa shape index (κ3) is 19.0. The number of aliphatic hydroxyl groups is 1. The Morgan fingerprint density at radius 3 is 1.07 bits per heavy atom. The molecule has 1 N–H and O–H groups in total. The Morgan fingerprint density at radius 1 is 0.567 bits per heavy atom. The van der Waals surface area contributed by atoms with Gasteiger partial charge in [-0.25, -0.2) is 8.42 Å². The summed E-state index contributed by atoms with van der Waals surface area (Å²) in [5.74, 6) is 0. The maximum Gasteiger partial charge on any atom is 1.00 e. The van der Waals surface area contributed by atoms with E-state index in [9.17, 15) is 18.1 Å². The van der Waals surface area contributed by atoms with Crippen LogP contribution >= 0.6 is 0 Å². The second kappa shape index (κ2) is 22.3. The first kappa shape index (κ1) is 33.7. The van der Waals surface area contributed by atoms with E-state index in [0.717, 1.165) is 38.5 Å². The summed E-state index contributed by atoms with van der Waals surface area (Å²) in [4.78, 5) is -2.06. The van der Waals surface area contributed by atoms with Gasteiger partial charge in [0.1, 0.15) is 10.1 Å². The summed E-state index contributed by atoms with van der Waals surface area (Å²) in [5, 5.41) is 10.4. The molecule has 0 aromatic rings. The van der Waals surface area contributed by atoms with Crippen LogP contribution in [0.2, 0.25) is 0 Å². The Morgan fingerprint density at radius 2 is 0.800 bits per heavy atom. The molecule has 0 aromatic heterocycles. The largest absolute Gasteiger partial charge is 1.00 e. The summed E-state index contributed by atoms with van der Waals surface area (Å²) >= 11 is 0. The predicted molar refractivity (Wildman–Crippen MR) is 123 cm³/mol. The zero-order valence-electron chi connectivity index (χ0n) is 20.4. The average molecular weight is 473 g/mol. The van der Waals surface area contributed by atoms with Crippen LogP contribution in [0.1, 0.15) is 149 Å². The fourth-order valence-electron chi connectivity index (χ4n) is 3.98. The molecule has 0 radical (unpaired) electrons. The van der Waals surface area contributed by atoms with E-state index in [0.29, 0.717) is 12.8 Å². The molecule has 0 heterocycles. The van der Waals surface area contributed by atoms with Gasteiger partial charge >= 0.3 is 51.4 Å². The first-order valence-electron chi connectivity index (χ1n) is 12.5. The Balaban J connectivity index is 0. The van der Waals surface area contributed by atoms with Crippen molar-refractivity contribution in [2.45, 2.75) is 154 Å². The number of unbranched alkanes of at least 4 members (excludes halogenated alkanes) is 17. The van der Waals surface area contributed by atoms with Gasteiger partial charge in [0.25, 0.3) is 0 Å². The quantitative estimate of drug-likeness (QED) is 0.143. The second-order valence-electron chi connectivity index (χ2n) is 8.91. The molecular weight excluding hydrogens is 423 g/mol. The summed E-state index contributed by atoms with van der Waals surface area (Å²) in [6.07, 6.45) is 22.2. The van der Waals surface area contributed by atoms with Crippen LogP contribution in [0, 0.1) is 0 Å². The van der Waals surface area contributed by atoms with Gasteiger partial charge in [-0.3, -0.25) is 0 Å². The molecule has 0 aliphatic carbocycles. The van der Waals surface area contributed by atoms with E-state index < -0.39 is 15.1 Å². The summed E-state index contributed by atoms with van der Waals surface area (Å²) in [6.45, 7) is 4.33. The van der Waals surface area contributed by atoms with Crippen molar-refractivity contribution in [1.82, 2.24) is 0 Å². The van der Waals surface area contributed by atoms with Crippen molar-refractivity contribution in [1.29, 1.82) is 0 Å². The molecule has 0 saturated heterocycles. The Kier molecular flexibility index (Phi) is 25.0. The topological polar surface area (TPSA) is 77.4 Å². The van der Waals surface area contributed by atoms with Crippen molar-refractivity contribution < 1.29 is 69.5 Å². The minimum Gasteiger partial charge on any atom is -0.746 e. The van der Waals surface area contributed by atoms with Gasteiger partial charge in [-0.15, -0.1) is 0 Å². The number of rotatable bonds is 22. The van der Waals surface area contributed by atoms with Crippen LogP contribution in [-0.2, 0) is 10.1 Å². The van der Waals surface area contributed by atoms with Crippen molar-refractivity contribution in [3.05, 3.63) is 0 Å². The summed E-state index contributed by atoms with van der Waals surface area (Å²) in [5.41, 5.74) is 0. The van der Waals surface area contributed by atoms with E-state index in [1.165, 1.54) is 70.6 Å². The molecule has 1 unspecified atom stereocenters. The fraction of sp³-hybridized carbons (Fsp3) is 1.00. The summed E-state index contributed by atoms with van der Waals surface area (Å²) < 4.78 is 34.5. The molecule has 6 heteroatoms. The second-order valence-corrected chi connectivity index (χ2v) is 10.6. The molecule has 4 nitrogen and oxygen atoms in total. The molecule has 30 heavy (non-hydrogen) atoms. The van der Waals surface area contributed by atoms with Gasteiger partial charge in [-0.05, 0) is 25.7 Å². The first-order valence-corrected chi connectivity index (χ1v) is 14.0. The molecule has 176 valence electrons. The molecule has 0 fully saturated rings. The number of hydrogen-bond donors (Lipinski definition) is 1. The van der Waals surface area contributed by atoms with Crippen LogP contribution in [0.4, 0.5) is 0 Å². The predicted octanol–water partition coefficient (Wildman–Crippen LogP) is 4.46. The van der Waals surface area contributed by atoms with E-state index in [4.69, 9.17) is 0 Å². The van der Waals surface area contributed by atoms with Crippen LogP contribution in [0.5, 0.6) is 0 Å². The van der Waals surface area contributed by atoms with E-state index in [1.807, 2.05) is 0 Å². The molecule has 0 spiro atoms. The van der Waals surface area contributed by atoms with Crippen molar-refractivity contribution in [2.24, 2.45) is 0 Å². The molecule has 0 aliphatic heterocycles. The van der Waals surface area contributed by atoms with Crippen LogP contribution in [0.15, 0.2) is 0 Å². The molecule has 0 amide bonds. The summed E-state index contributed by atoms with van der Waals surface area (Å²) in [7, 11) is -4.67. The van der Waals surface area contributed by atoms with Gasteiger partial charge in [0.15, 0.2) is 4.93 Å².